The largest absolute Gasteiger partial charge is 0.343 e. The summed E-state index contributed by atoms with van der Waals surface area (Å²) in [6.45, 7) is 7.87. The van der Waals surface area contributed by atoms with Gasteiger partial charge < -0.3 is 4.90 Å². The molecule has 0 bridgehead atoms. The number of likely N-dealkylation sites (tertiary alicyclic amines) is 1. The second-order valence-electron chi connectivity index (χ2n) is 8.18. The van der Waals surface area contributed by atoms with Crippen LogP contribution in [0.5, 0.6) is 0 Å². The topological polar surface area (TPSA) is 37.4 Å². The average molecular weight is 358 g/mol. The Balaban J connectivity index is 1.67. The molecule has 0 aliphatic carbocycles. The monoisotopic (exact) mass is 357 g/mol. The molecular formula is C23H35NO2. The fourth-order valence-corrected chi connectivity index (χ4v) is 3.79. The second-order valence-corrected chi connectivity index (χ2v) is 8.18. The Bertz CT molecular complexity index is 568. The lowest BCUT2D eigenvalue weighted by Gasteiger charge is -2.32. The molecule has 1 heterocycles. The van der Waals surface area contributed by atoms with Crippen molar-refractivity contribution in [3.63, 3.8) is 0 Å². The Hall–Kier alpha value is -1.64. The zero-order valence-electron chi connectivity index (χ0n) is 16.8. The molecule has 2 rings (SSSR count). The van der Waals surface area contributed by atoms with Gasteiger partial charge in [0, 0.05) is 25.1 Å². The van der Waals surface area contributed by atoms with E-state index in [1.165, 1.54) is 31.2 Å². The highest BCUT2D eigenvalue weighted by molar-refractivity contribution is 5.94. The van der Waals surface area contributed by atoms with Crippen LogP contribution in [0.2, 0.25) is 0 Å². The van der Waals surface area contributed by atoms with Crippen molar-refractivity contribution in [2.45, 2.75) is 78.1 Å². The standard InChI is InChI=1S/C23H35NO2/c1-18(2)8-6-4-5-7-9-23(26)24-16-14-22(15-17-24)21-12-10-20(11-13-21)19(3)25/h10-13,18,22H,4-9,14-17H2,1-3H3. The minimum absolute atomic E-state index is 0.112. The van der Waals surface area contributed by atoms with Gasteiger partial charge in [-0.15, -0.1) is 0 Å². The van der Waals surface area contributed by atoms with E-state index in [1.807, 2.05) is 12.1 Å². The van der Waals surface area contributed by atoms with Gasteiger partial charge in [0.05, 0.1) is 0 Å². The van der Waals surface area contributed by atoms with Crippen LogP contribution in [-0.2, 0) is 4.79 Å². The first-order valence-electron chi connectivity index (χ1n) is 10.4. The summed E-state index contributed by atoms with van der Waals surface area (Å²) in [4.78, 5) is 25.8. The minimum Gasteiger partial charge on any atom is -0.343 e. The third kappa shape index (κ3) is 6.59. The molecule has 144 valence electrons. The molecule has 3 nitrogen and oxygen atoms in total. The van der Waals surface area contributed by atoms with Crippen LogP contribution in [0, 0.1) is 5.92 Å². The van der Waals surface area contributed by atoms with E-state index in [0.29, 0.717) is 18.2 Å². The van der Waals surface area contributed by atoms with Crippen molar-refractivity contribution in [3.8, 4) is 0 Å². The molecule has 26 heavy (non-hydrogen) atoms. The molecule has 1 fully saturated rings. The Morgan fingerprint density at radius 1 is 1.00 bits per heavy atom. The molecular weight excluding hydrogens is 322 g/mol. The molecule has 1 amide bonds. The van der Waals surface area contributed by atoms with Crippen LogP contribution in [0.25, 0.3) is 0 Å². The van der Waals surface area contributed by atoms with Gasteiger partial charge in [0.25, 0.3) is 0 Å². The normalized spacial score (nSPS) is 15.5. The molecule has 1 aromatic carbocycles. The Labute approximate surface area is 159 Å². The number of hydrogen-bond donors (Lipinski definition) is 0. The molecule has 0 saturated carbocycles. The van der Waals surface area contributed by atoms with E-state index < -0.39 is 0 Å². The maximum atomic E-state index is 12.4. The van der Waals surface area contributed by atoms with Crippen LogP contribution in [0.15, 0.2) is 24.3 Å². The molecule has 0 spiro atoms. The van der Waals surface area contributed by atoms with Crippen molar-refractivity contribution in [1.82, 2.24) is 4.90 Å². The van der Waals surface area contributed by atoms with E-state index in [4.69, 9.17) is 0 Å². The summed E-state index contributed by atoms with van der Waals surface area (Å²) < 4.78 is 0. The first kappa shape index (κ1) is 20.7. The number of benzene rings is 1. The molecule has 1 aromatic rings. The number of amides is 1. The zero-order valence-corrected chi connectivity index (χ0v) is 16.8. The van der Waals surface area contributed by atoms with Crippen molar-refractivity contribution in [1.29, 1.82) is 0 Å². The van der Waals surface area contributed by atoms with E-state index in [1.54, 1.807) is 6.92 Å². The van der Waals surface area contributed by atoms with Gasteiger partial charge in [-0.2, -0.15) is 0 Å². The SMILES string of the molecule is CC(=O)c1ccc(C2CCN(C(=O)CCCCCCC(C)C)CC2)cc1. The van der Waals surface area contributed by atoms with Gasteiger partial charge >= 0.3 is 0 Å². The number of carbonyl (C=O) groups excluding carboxylic acids is 2. The number of carbonyl (C=O) groups is 2. The second kappa shape index (κ2) is 10.5. The lowest BCUT2D eigenvalue weighted by atomic mass is 9.88. The van der Waals surface area contributed by atoms with Gasteiger partial charge in [-0.25, -0.2) is 0 Å². The number of hydrogen-bond acceptors (Lipinski definition) is 2. The summed E-state index contributed by atoms with van der Waals surface area (Å²) in [6.07, 6.45) is 8.82. The van der Waals surface area contributed by atoms with Crippen LogP contribution in [-0.4, -0.2) is 29.7 Å². The summed E-state index contributed by atoms with van der Waals surface area (Å²) in [7, 11) is 0. The van der Waals surface area contributed by atoms with Crippen LogP contribution in [0.3, 0.4) is 0 Å². The predicted molar refractivity (Wildman–Crippen MR) is 108 cm³/mol. The number of piperidine rings is 1. The average Bonchev–Trinajstić information content (AvgIpc) is 2.64. The Kier molecular flexibility index (Phi) is 8.34. The van der Waals surface area contributed by atoms with E-state index >= 15 is 0 Å². The van der Waals surface area contributed by atoms with Gasteiger partial charge in [0.1, 0.15) is 0 Å². The van der Waals surface area contributed by atoms with Gasteiger partial charge in [-0.1, -0.05) is 63.8 Å². The fourth-order valence-electron chi connectivity index (χ4n) is 3.79. The molecule has 1 aliphatic heterocycles. The first-order chi connectivity index (χ1) is 12.5. The lowest BCUT2D eigenvalue weighted by Crippen LogP contribution is -2.37. The maximum absolute atomic E-state index is 12.4. The lowest BCUT2D eigenvalue weighted by molar-refractivity contribution is -0.132. The van der Waals surface area contributed by atoms with Crippen LogP contribution in [0.1, 0.15) is 94.0 Å². The molecule has 0 N–H and O–H groups in total. The van der Waals surface area contributed by atoms with Crippen molar-refractivity contribution in [3.05, 3.63) is 35.4 Å². The van der Waals surface area contributed by atoms with Crippen molar-refractivity contribution in [2.75, 3.05) is 13.1 Å². The summed E-state index contributed by atoms with van der Waals surface area (Å²) in [5.41, 5.74) is 2.07. The highest BCUT2D eigenvalue weighted by atomic mass is 16.2. The number of ketones is 1. The molecule has 0 atom stereocenters. The van der Waals surface area contributed by atoms with Crippen LogP contribution >= 0.6 is 0 Å². The van der Waals surface area contributed by atoms with Crippen molar-refractivity contribution < 1.29 is 9.59 Å². The van der Waals surface area contributed by atoms with E-state index in [0.717, 1.165) is 43.8 Å². The maximum Gasteiger partial charge on any atom is 0.222 e. The molecule has 1 saturated heterocycles. The third-order valence-electron chi connectivity index (χ3n) is 5.56. The molecule has 0 radical (unpaired) electrons. The Morgan fingerprint density at radius 3 is 2.19 bits per heavy atom. The molecule has 0 aromatic heterocycles. The number of rotatable bonds is 9. The van der Waals surface area contributed by atoms with E-state index in [-0.39, 0.29) is 5.78 Å². The summed E-state index contributed by atoms with van der Waals surface area (Å²) in [5.74, 6) is 1.74. The minimum atomic E-state index is 0.112. The third-order valence-corrected chi connectivity index (χ3v) is 5.56. The van der Waals surface area contributed by atoms with Crippen molar-refractivity contribution >= 4 is 11.7 Å². The first-order valence-corrected chi connectivity index (χ1v) is 10.4. The number of Topliss-reactive ketones (excluding diaryl/α,β-unsaturated/α-hetero) is 1. The van der Waals surface area contributed by atoms with Crippen molar-refractivity contribution in [2.24, 2.45) is 5.92 Å². The summed E-state index contributed by atoms with van der Waals surface area (Å²) in [5, 5.41) is 0. The van der Waals surface area contributed by atoms with Gasteiger partial charge in [0.15, 0.2) is 5.78 Å². The van der Waals surface area contributed by atoms with E-state index in [2.05, 4.69) is 30.9 Å². The predicted octanol–water partition coefficient (Wildman–Crippen LogP) is 5.59. The van der Waals surface area contributed by atoms with Gasteiger partial charge in [-0.3, -0.25) is 9.59 Å². The van der Waals surface area contributed by atoms with Gasteiger partial charge in [0.2, 0.25) is 5.91 Å². The van der Waals surface area contributed by atoms with Crippen LogP contribution < -0.4 is 0 Å². The van der Waals surface area contributed by atoms with Gasteiger partial charge in [-0.05, 0) is 43.6 Å². The van der Waals surface area contributed by atoms with E-state index in [9.17, 15) is 9.59 Å². The highest BCUT2D eigenvalue weighted by Gasteiger charge is 2.23. The zero-order chi connectivity index (χ0) is 18.9. The molecule has 3 heteroatoms. The van der Waals surface area contributed by atoms with Crippen LogP contribution in [0.4, 0.5) is 0 Å². The smallest absolute Gasteiger partial charge is 0.222 e. The summed E-state index contributed by atoms with van der Waals surface area (Å²) in [6, 6.07) is 8.01. The Morgan fingerprint density at radius 2 is 1.62 bits per heavy atom. The molecule has 0 unspecified atom stereocenters. The number of unbranched alkanes of at least 4 members (excludes halogenated alkanes) is 3. The quantitative estimate of drug-likeness (QED) is 0.426. The highest BCUT2D eigenvalue weighted by Crippen LogP contribution is 2.28. The summed E-state index contributed by atoms with van der Waals surface area (Å²) >= 11 is 0. The fraction of sp³-hybridized carbons (Fsp3) is 0.652. The number of nitrogens with zero attached hydrogens (tertiary/aromatic N) is 1. The molecule has 1 aliphatic rings.